The summed E-state index contributed by atoms with van der Waals surface area (Å²) >= 11 is 3.34. The van der Waals surface area contributed by atoms with Crippen LogP contribution in [0.2, 0.25) is 0 Å². The predicted octanol–water partition coefficient (Wildman–Crippen LogP) is 3.63. The first-order valence-electron chi connectivity index (χ1n) is 6.03. The lowest BCUT2D eigenvalue weighted by atomic mass is 10.1. The molecule has 0 aliphatic carbocycles. The highest BCUT2D eigenvalue weighted by atomic mass is 79.9. The molecule has 108 valence electrons. The molecule has 0 aliphatic rings. The van der Waals surface area contributed by atoms with Crippen LogP contribution in [0.4, 0.5) is 0 Å². The van der Waals surface area contributed by atoms with E-state index < -0.39 is 5.97 Å². The van der Waals surface area contributed by atoms with Gasteiger partial charge in [0.1, 0.15) is 11.5 Å². The van der Waals surface area contributed by atoms with E-state index in [1.807, 2.05) is 0 Å². The summed E-state index contributed by atoms with van der Waals surface area (Å²) in [5.41, 5.74) is 0.877. The molecule has 5 nitrogen and oxygen atoms in total. The van der Waals surface area contributed by atoms with Crippen LogP contribution in [0.15, 0.2) is 41.1 Å². The van der Waals surface area contributed by atoms with Gasteiger partial charge >= 0.3 is 5.97 Å². The van der Waals surface area contributed by atoms with Gasteiger partial charge in [-0.2, -0.15) is 0 Å². The zero-order valence-electron chi connectivity index (χ0n) is 11.4. The number of carbonyl (C=O) groups is 2. The van der Waals surface area contributed by atoms with Crippen molar-refractivity contribution < 1.29 is 19.1 Å². The maximum absolute atomic E-state index is 11.4. The molecule has 0 aliphatic heterocycles. The van der Waals surface area contributed by atoms with Crippen molar-refractivity contribution in [3.8, 4) is 11.5 Å². The zero-order valence-corrected chi connectivity index (χ0v) is 13.0. The number of Topliss-reactive ketones (excluding diaryl/α,β-unsaturated/α-hetero) is 1. The highest BCUT2D eigenvalue weighted by Crippen LogP contribution is 2.30. The van der Waals surface area contributed by atoms with Crippen molar-refractivity contribution in [2.75, 3.05) is 7.11 Å². The van der Waals surface area contributed by atoms with E-state index in [-0.39, 0.29) is 5.78 Å². The Balaban J connectivity index is 2.26. The van der Waals surface area contributed by atoms with Crippen LogP contribution in [0.5, 0.6) is 11.5 Å². The molecule has 0 unspecified atom stereocenters. The summed E-state index contributed by atoms with van der Waals surface area (Å²) in [5.74, 6) is 0.397. The third-order valence-electron chi connectivity index (χ3n) is 2.70. The lowest BCUT2D eigenvalue weighted by Gasteiger charge is -2.09. The van der Waals surface area contributed by atoms with Gasteiger partial charge in [-0.05, 0) is 47.1 Å². The van der Waals surface area contributed by atoms with Gasteiger partial charge in [-0.15, -0.1) is 0 Å². The lowest BCUT2D eigenvalue weighted by molar-refractivity contribution is 0.0599. The van der Waals surface area contributed by atoms with Crippen LogP contribution in [-0.2, 0) is 4.74 Å². The van der Waals surface area contributed by atoms with Crippen LogP contribution in [0.3, 0.4) is 0 Å². The highest BCUT2D eigenvalue weighted by Gasteiger charge is 2.10. The average Bonchev–Trinajstić information content (AvgIpc) is 2.48. The molecular weight excluding hydrogens is 338 g/mol. The Morgan fingerprint density at radius 2 is 1.90 bits per heavy atom. The fourth-order valence-corrected chi connectivity index (χ4v) is 2.09. The van der Waals surface area contributed by atoms with Crippen molar-refractivity contribution in [2.45, 2.75) is 6.92 Å². The van der Waals surface area contributed by atoms with Crippen LogP contribution in [0, 0.1) is 0 Å². The Morgan fingerprint density at radius 3 is 2.52 bits per heavy atom. The van der Waals surface area contributed by atoms with Gasteiger partial charge in [0.2, 0.25) is 0 Å². The summed E-state index contributed by atoms with van der Waals surface area (Å²) in [7, 11) is 1.30. The molecule has 0 spiro atoms. The lowest BCUT2D eigenvalue weighted by Crippen LogP contribution is -2.02. The Kier molecular flexibility index (Phi) is 4.70. The van der Waals surface area contributed by atoms with Crippen molar-refractivity contribution in [1.29, 1.82) is 0 Å². The number of esters is 1. The summed E-state index contributed by atoms with van der Waals surface area (Å²) in [5, 5.41) is 0. The third kappa shape index (κ3) is 3.66. The van der Waals surface area contributed by atoms with E-state index in [0.717, 1.165) is 0 Å². The van der Waals surface area contributed by atoms with Gasteiger partial charge in [-0.1, -0.05) is 0 Å². The van der Waals surface area contributed by atoms with E-state index in [1.165, 1.54) is 32.5 Å². The number of nitrogens with zero attached hydrogens (tertiary/aromatic N) is 1. The number of aromatic nitrogens is 1. The second-order valence-corrected chi connectivity index (χ2v) is 5.06. The van der Waals surface area contributed by atoms with Crippen LogP contribution in [0.1, 0.15) is 27.6 Å². The first-order chi connectivity index (χ1) is 10.0. The maximum Gasteiger partial charge on any atom is 0.339 e. The second kappa shape index (κ2) is 6.49. The first kappa shape index (κ1) is 15.2. The minimum atomic E-state index is -0.487. The van der Waals surface area contributed by atoms with E-state index in [0.29, 0.717) is 27.1 Å². The molecule has 0 radical (unpaired) electrons. The van der Waals surface area contributed by atoms with Crippen molar-refractivity contribution in [2.24, 2.45) is 0 Å². The smallest absolute Gasteiger partial charge is 0.339 e. The Hall–Kier alpha value is -2.21. The second-order valence-electron chi connectivity index (χ2n) is 4.20. The number of hydrogen-bond donors (Lipinski definition) is 0. The molecule has 2 aromatic rings. The number of hydrogen-bond acceptors (Lipinski definition) is 5. The molecule has 1 heterocycles. The standard InChI is InChI=1S/C15H12BrNO4/c1-9(18)10-3-4-14(13(16)6-10)21-12-5-11(7-17-8-12)15(19)20-2/h3-8H,1-2H3. The van der Waals surface area contributed by atoms with Crippen LogP contribution in [0.25, 0.3) is 0 Å². The molecule has 2 rings (SSSR count). The number of halogens is 1. The Bertz CT molecular complexity index is 700. The van der Waals surface area contributed by atoms with Crippen LogP contribution in [-0.4, -0.2) is 23.8 Å². The molecule has 0 N–H and O–H groups in total. The van der Waals surface area contributed by atoms with Gasteiger partial charge in [-0.25, -0.2) is 4.79 Å². The van der Waals surface area contributed by atoms with E-state index in [4.69, 9.17) is 4.74 Å². The SMILES string of the molecule is COC(=O)c1cncc(Oc2ccc(C(C)=O)cc2Br)c1. The predicted molar refractivity (Wildman–Crippen MR) is 79.8 cm³/mol. The van der Waals surface area contributed by atoms with E-state index in [9.17, 15) is 9.59 Å². The number of methoxy groups -OCH3 is 1. The fraction of sp³-hybridized carbons (Fsp3) is 0.133. The molecule has 1 aromatic heterocycles. The van der Waals surface area contributed by atoms with E-state index >= 15 is 0 Å². The number of ether oxygens (including phenoxy) is 2. The summed E-state index contributed by atoms with van der Waals surface area (Å²) < 4.78 is 10.9. The Labute approximate surface area is 130 Å². The summed E-state index contributed by atoms with van der Waals surface area (Å²) in [4.78, 5) is 26.7. The van der Waals surface area contributed by atoms with Crippen molar-refractivity contribution in [1.82, 2.24) is 4.98 Å². The molecule has 21 heavy (non-hydrogen) atoms. The van der Waals surface area contributed by atoms with Crippen LogP contribution < -0.4 is 4.74 Å². The molecule has 0 saturated heterocycles. The minimum Gasteiger partial charge on any atom is -0.465 e. The highest BCUT2D eigenvalue weighted by molar-refractivity contribution is 9.10. The fourth-order valence-electron chi connectivity index (χ4n) is 1.63. The topological polar surface area (TPSA) is 65.5 Å². The van der Waals surface area contributed by atoms with E-state index in [2.05, 4.69) is 25.7 Å². The van der Waals surface area contributed by atoms with Gasteiger partial charge in [0.15, 0.2) is 5.78 Å². The molecule has 0 saturated carbocycles. The minimum absolute atomic E-state index is 0.0309. The van der Waals surface area contributed by atoms with Gasteiger partial charge in [0, 0.05) is 11.8 Å². The molecular formula is C15H12BrNO4. The summed E-state index contributed by atoms with van der Waals surface area (Å²) in [6, 6.07) is 6.55. The average molecular weight is 350 g/mol. The summed E-state index contributed by atoms with van der Waals surface area (Å²) in [6.07, 6.45) is 2.88. The molecule has 0 atom stereocenters. The molecule has 0 fully saturated rings. The molecule has 6 heteroatoms. The number of carbonyl (C=O) groups excluding carboxylic acids is 2. The quantitative estimate of drug-likeness (QED) is 0.622. The largest absolute Gasteiger partial charge is 0.465 e. The van der Waals surface area contributed by atoms with Gasteiger partial charge in [0.25, 0.3) is 0 Å². The molecule has 0 amide bonds. The Morgan fingerprint density at radius 1 is 1.14 bits per heavy atom. The normalized spacial score (nSPS) is 10.0. The number of pyridine rings is 1. The number of ketones is 1. The zero-order chi connectivity index (χ0) is 15.4. The molecule has 0 bridgehead atoms. The molecule has 1 aromatic carbocycles. The van der Waals surface area contributed by atoms with Gasteiger partial charge in [-0.3, -0.25) is 9.78 Å². The van der Waals surface area contributed by atoms with Gasteiger partial charge in [0.05, 0.1) is 23.3 Å². The number of rotatable bonds is 4. The van der Waals surface area contributed by atoms with Crippen molar-refractivity contribution >= 4 is 27.7 Å². The van der Waals surface area contributed by atoms with Gasteiger partial charge < -0.3 is 9.47 Å². The van der Waals surface area contributed by atoms with Crippen LogP contribution >= 0.6 is 15.9 Å². The first-order valence-corrected chi connectivity index (χ1v) is 6.82. The third-order valence-corrected chi connectivity index (χ3v) is 3.32. The number of benzene rings is 1. The van der Waals surface area contributed by atoms with E-state index in [1.54, 1.807) is 18.2 Å². The van der Waals surface area contributed by atoms with Crippen molar-refractivity contribution in [3.05, 3.63) is 52.3 Å². The maximum atomic E-state index is 11.4. The monoisotopic (exact) mass is 349 g/mol. The summed E-state index contributed by atoms with van der Waals surface area (Å²) in [6.45, 7) is 1.49. The van der Waals surface area contributed by atoms with Crippen molar-refractivity contribution in [3.63, 3.8) is 0 Å².